The molecule has 3 N–H and O–H groups in total. The van der Waals surface area contributed by atoms with Gasteiger partial charge in [-0.25, -0.2) is 4.79 Å². The number of nitrogens with one attached hydrogen (secondary N) is 2. The highest BCUT2D eigenvalue weighted by atomic mass is 16.5. The van der Waals surface area contributed by atoms with Gasteiger partial charge in [0.15, 0.2) is 5.88 Å². The van der Waals surface area contributed by atoms with Crippen LogP contribution in [-0.4, -0.2) is 34.3 Å². The van der Waals surface area contributed by atoms with E-state index in [1.165, 1.54) is 0 Å². The lowest BCUT2D eigenvalue weighted by molar-refractivity contribution is -0.125. The summed E-state index contributed by atoms with van der Waals surface area (Å²) in [6, 6.07) is 4.94. The fraction of sp³-hybridized carbons (Fsp3) is 0.375. The standard InChI is InChI=1S/C16H17N3O4/c1-23-11-5-2-9-7-19(13(20)12(9)6-11)8-16(10-3-4-10)14(21)17-15(22)18-16/h2,5-7,10,20H,3-4,8H2,1H3,(H2,17,18,21,22). The molecule has 4 rings (SSSR count). The molecule has 0 radical (unpaired) electrons. The fourth-order valence-electron chi connectivity index (χ4n) is 3.35. The molecule has 0 bridgehead atoms. The second kappa shape index (κ2) is 4.65. The molecule has 1 aliphatic heterocycles. The topological polar surface area (TPSA) is 92.6 Å². The number of fused-ring (bicyclic) bond motifs is 1. The van der Waals surface area contributed by atoms with Crippen molar-refractivity contribution in [1.82, 2.24) is 15.2 Å². The number of benzene rings is 1. The van der Waals surface area contributed by atoms with Crippen molar-refractivity contribution in [2.45, 2.75) is 24.9 Å². The molecule has 7 nitrogen and oxygen atoms in total. The van der Waals surface area contributed by atoms with Crippen LogP contribution in [0, 0.1) is 5.92 Å². The lowest BCUT2D eigenvalue weighted by Gasteiger charge is -2.26. The van der Waals surface area contributed by atoms with Gasteiger partial charge in [-0.15, -0.1) is 0 Å². The zero-order valence-corrected chi connectivity index (χ0v) is 12.6. The van der Waals surface area contributed by atoms with Crippen LogP contribution in [0.5, 0.6) is 11.6 Å². The van der Waals surface area contributed by atoms with Gasteiger partial charge in [0.1, 0.15) is 11.3 Å². The zero-order valence-electron chi connectivity index (χ0n) is 12.6. The van der Waals surface area contributed by atoms with Crippen LogP contribution in [-0.2, 0) is 11.3 Å². The minimum Gasteiger partial charge on any atom is -0.497 e. The van der Waals surface area contributed by atoms with Crippen LogP contribution in [0.25, 0.3) is 10.8 Å². The number of nitrogens with zero attached hydrogens (tertiary/aromatic N) is 1. The summed E-state index contributed by atoms with van der Waals surface area (Å²) in [6.07, 6.45) is 3.57. The normalized spacial score (nSPS) is 23.9. The van der Waals surface area contributed by atoms with E-state index in [0.29, 0.717) is 11.1 Å². The Morgan fingerprint density at radius 2 is 2.17 bits per heavy atom. The van der Waals surface area contributed by atoms with E-state index in [0.717, 1.165) is 18.2 Å². The first kappa shape index (κ1) is 13.9. The summed E-state index contributed by atoms with van der Waals surface area (Å²) in [7, 11) is 1.57. The highest BCUT2D eigenvalue weighted by Gasteiger charge is 2.56. The summed E-state index contributed by atoms with van der Waals surface area (Å²) in [6.45, 7) is 0.206. The molecular weight excluding hydrogens is 298 g/mol. The van der Waals surface area contributed by atoms with Crippen LogP contribution < -0.4 is 15.4 Å². The van der Waals surface area contributed by atoms with Crippen LogP contribution in [0.15, 0.2) is 24.4 Å². The molecule has 2 heterocycles. The molecule has 0 spiro atoms. The van der Waals surface area contributed by atoms with E-state index in [4.69, 9.17) is 4.74 Å². The largest absolute Gasteiger partial charge is 0.497 e. The lowest BCUT2D eigenvalue weighted by Crippen LogP contribution is -2.52. The van der Waals surface area contributed by atoms with Crippen molar-refractivity contribution in [2.75, 3.05) is 7.11 Å². The number of ether oxygens (including phenoxy) is 1. The molecule has 1 saturated carbocycles. The fourth-order valence-corrected chi connectivity index (χ4v) is 3.35. The van der Waals surface area contributed by atoms with Crippen molar-refractivity contribution in [1.29, 1.82) is 0 Å². The quantitative estimate of drug-likeness (QED) is 0.742. The second-order valence-corrected chi connectivity index (χ2v) is 6.19. The van der Waals surface area contributed by atoms with Crippen molar-refractivity contribution in [2.24, 2.45) is 5.92 Å². The number of aromatic hydroxyl groups is 1. The van der Waals surface area contributed by atoms with Crippen molar-refractivity contribution in [3.8, 4) is 11.6 Å². The number of carbonyl (C=O) groups is 2. The Morgan fingerprint density at radius 1 is 1.39 bits per heavy atom. The third-order valence-corrected chi connectivity index (χ3v) is 4.73. The first-order valence-electron chi connectivity index (χ1n) is 7.53. The minimum absolute atomic E-state index is 0.0628. The van der Waals surface area contributed by atoms with Gasteiger partial charge in [0, 0.05) is 17.0 Å². The number of aromatic nitrogens is 1. The lowest BCUT2D eigenvalue weighted by atomic mass is 9.93. The predicted molar refractivity (Wildman–Crippen MR) is 82.3 cm³/mol. The average Bonchev–Trinajstić information content (AvgIpc) is 3.28. The van der Waals surface area contributed by atoms with Gasteiger partial charge < -0.3 is 19.7 Å². The van der Waals surface area contributed by atoms with E-state index in [-0.39, 0.29) is 24.2 Å². The van der Waals surface area contributed by atoms with Crippen LogP contribution in [0.1, 0.15) is 12.8 Å². The Kier molecular flexibility index (Phi) is 2.81. The smallest absolute Gasteiger partial charge is 0.322 e. The molecule has 3 amide bonds. The number of hydrogen-bond donors (Lipinski definition) is 3. The van der Waals surface area contributed by atoms with E-state index in [2.05, 4.69) is 10.6 Å². The summed E-state index contributed by atoms with van der Waals surface area (Å²) in [5.41, 5.74) is -0.978. The Hall–Kier alpha value is -2.70. The Labute approximate surface area is 132 Å². The first-order chi connectivity index (χ1) is 11.0. The van der Waals surface area contributed by atoms with Crippen molar-refractivity contribution < 1.29 is 19.4 Å². The van der Waals surface area contributed by atoms with Crippen LogP contribution >= 0.6 is 0 Å². The highest BCUT2D eigenvalue weighted by molar-refractivity contribution is 6.07. The number of methoxy groups -OCH3 is 1. The van der Waals surface area contributed by atoms with E-state index in [1.54, 1.807) is 23.9 Å². The van der Waals surface area contributed by atoms with Crippen LogP contribution in [0.2, 0.25) is 0 Å². The number of urea groups is 1. The monoisotopic (exact) mass is 315 g/mol. The minimum atomic E-state index is -0.978. The molecule has 1 saturated heterocycles. The molecule has 1 atom stereocenters. The van der Waals surface area contributed by atoms with Crippen molar-refractivity contribution in [3.63, 3.8) is 0 Å². The first-order valence-corrected chi connectivity index (χ1v) is 7.53. The Bertz CT molecular complexity index is 824. The molecule has 2 aliphatic rings. The van der Waals surface area contributed by atoms with E-state index in [9.17, 15) is 14.7 Å². The molecule has 1 aliphatic carbocycles. The van der Waals surface area contributed by atoms with Gasteiger partial charge in [-0.3, -0.25) is 10.1 Å². The van der Waals surface area contributed by atoms with Gasteiger partial charge >= 0.3 is 6.03 Å². The van der Waals surface area contributed by atoms with Gasteiger partial charge in [-0.05, 0) is 37.0 Å². The Morgan fingerprint density at radius 3 is 2.78 bits per heavy atom. The number of imide groups is 1. The molecule has 1 aromatic heterocycles. The molecule has 1 unspecified atom stereocenters. The molecule has 120 valence electrons. The predicted octanol–water partition coefficient (Wildman–Crippen LogP) is 1.34. The maximum atomic E-state index is 12.3. The second-order valence-electron chi connectivity index (χ2n) is 6.19. The number of rotatable bonds is 4. The molecule has 7 heteroatoms. The number of hydrogen-bond acceptors (Lipinski definition) is 4. The van der Waals surface area contributed by atoms with Crippen LogP contribution in [0.3, 0.4) is 0 Å². The molecular formula is C16H17N3O4. The van der Waals surface area contributed by atoms with E-state index in [1.807, 2.05) is 12.1 Å². The Balaban J connectivity index is 1.75. The van der Waals surface area contributed by atoms with Gasteiger partial charge in [-0.1, -0.05) is 0 Å². The maximum Gasteiger partial charge on any atom is 0.322 e. The van der Waals surface area contributed by atoms with Gasteiger partial charge in [-0.2, -0.15) is 0 Å². The third-order valence-electron chi connectivity index (χ3n) is 4.73. The van der Waals surface area contributed by atoms with Crippen molar-refractivity contribution in [3.05, 3.63) is 24.4 Å². The maximum absolute atomic E-state index is 12.3. The van der Waals surface area contributed by atoms with Crippen molar-refractivity contribution >= 4 is 22.7 Å². The van der Waals surface area contributed by atoms with Gasteiger partial charge in [0.2, 0.25) is 0 Å². The zero-order chi connectivity index (χ0) is 16.2. The highest BCUT2D eigenvalue weighted by Crippen LogP contribution is 2.43. The number of amides is 3. The summed E-state index contributed by atoms with van der Waals surface area (Å²) >= 11 is 0. The summed E-state index contributed by atoms with van der Waals surface area (Å²) in [4.78, 5) is 23.9. The average molecular weight is 315 g/mol. The van der Waals surface area contributed by atoms with Crippen LogP contribution in [0.4, 0.5) is 4.79 Å². The SMILES string of the molecule is COc1ccc2cn(CC3(C4CC4)NC(=O)NC3=O)c(O)c2c1. The summed E-state index contributed by atoms with van der Waals surface area (Å²) < 4.78 is 6.80. The summed E-state index contributed by atoms with van der Waals surface area (Å²) in [5.74, 6) is 0.496. The molecule has 2 aromatic rings. The molecule has 1 aromatic carbocycles. The van der Waals surface area contributed by atoms with E-state index >= 15 is 0 Å². The number of carbonyl (C=O) groups excluding carboxylic acids is 2. The third kappa shape index (κ3) is 2.03. The molecule has 23 heavy (non-hydrogen) atoms. The van der Waals surface area contributed by atoms with E-state index < -0.39 is 11.6 Å². The van der Waals surface area contributed by atoms with Gasteiger partial charge in [0.25, 0.3) is 5.91 Å². The van der Waals surface area contributed by atoms with Gasteiger partial charge in [0.05, 0.1) is 13.7 Å². The summed E-state index contributed by atoms with van der Waals surface area (Å²) in [5, 5.41) is 17.1. The molecule has 2 fully saturated rings.